The van der Waals surface area contributed by atoms with Crippen molar-refractivity contribution in [3.8, 4) is 22.5 Å². The molecule has 0 spiro atoms. The van der Waals surface area contributed by atoms with Crippen molar-refractivity contribution in [1.29, 1.82) is 0 Å². The first-order chi connectivity index (χ1) is 18.2. The van der Waals surface area contributed by atoms with Gasteiger partial charge in [0, 0.05) is 0 Å². The summed E-state index contributed by atoms with van der Waals surface area (Å²) in [5.41, 5.74) is 12.2. The first-order valence-corrected chi connectivity index (χ1v) is 13.7. The number of aromatic nitrogens is 2. The van der Waals surface area contributed by atoms with E-state index in [0.717, 1.165) is 49.0 Å². The Morgan fingerprint density at radius 2 is 0.854 bits per heavy atom. The average Bonchev–Trinajstić information content (AvgIpc) is 2.86. The van der Waals surface area contributed by atoms with Gasteiger partial charge in [-0.05, 0) is 86.3 Å². The maximum Gasteiger partial charge on any atom is 4.00 e. The number of rotatable bonds is 8. The van der Waals surface area contributed by atoms with Crippen molar-refractivity contribution in [2.24, 2.45) is 0 Å². The predicted molar refractivity (Wildman–Crippen MR) is 177 cm³/mol. The van der Waals surface area contributed by atoms with E-state index in [4.69, 9.17) is 0 Å². The van der Waals surface area contributed by atoms with Crippen molar-refractivity contribution in [1.82, 2.24) is 9.97 Å². The minimum atomic E-state index is 0. The van der Waals surface area contributed by atoms with Crippen molar-refractivity contribution >= 4 is 11.6 Å². The number of benzene rings is 2. The molecule has 0 radical (unpaired) electrons. The van der Waals surface area contributed by atoms with Gasteiger partial charge in [-0.2, -0.15) is 0 Å². The van der Waals surface area contributed by atoms with Gasteiger partial charge in [-0.15, -0.1) is 0 Å². The molecule has 5 heteroatoms. The Balaban J connectivity index is 0.000000727. The van der Waals surface area contributed by atoms with Gasteiger partial charge in [0.25, 0.3) is 0 Å². The molecule has 0 aliphatic rings. The maximum absolute atomic E-state index is 4.67. The van der Waals surface area contributed by atoms with Crippen LogP contribution in [0.4, 0.5) is 11.6 Å². The normalized spacial score (nSPS) is 9.76. The first kappa shape index (κ1) is 38.2. The van der Waals surface area contributed by atoms with Crippen LogP contribution >= 0.6 is 0 Å². The van der Waals surface area contributed by atoms with E-state index in [1.165, 1.54) is 44.5 Å². The minimum absolute atomic E-state index is 0. The van der Waals surface area contributed by atoms with Crippen molar-refractivity contribution < 1.29 is 25.8 Å². The van der Waals surface area contributed by atoms with Crippen LogP contribution in [-0.4, -0.2) is 23.1 Å². The van der Waals surface area contributed by atoms with E-state index in [1.54, 1.807) is 0 Å². The summed E-state index contributed by atoms with van der Waals surface area (Å²) in [4.78, 5) is 9.33. The molecule has 0 amide bonds. The van der Waals surface area contributed by atoms with E-state index in [0.29, 0.717) is 0 Å². The molecule has 0 N–H and O–H groups in total. The number of hydrogen-bond donors (Lipinski definition) is 0. The quantitative estimate of drug-likeness (QED) is 0.135. The third-order valence-electron chi connectivity index (χ3n) is 6.33. The van der Waals surface area contributed by atoms with Gasteiger partial charge < -0.3 is 35.5 Å². The Morgan fingerprint density at radius 3 is 1.15 bits per heavy atom. The van der Waals surface area contributed by atoms with E-state index in [1.807, 2.05) is 24.3 Å². The first-order valence-electron chi connectivity index (χ1n) is 13.7. The molecule has 0 unspecified atom stereocenters. The van der Waals surface area contributed by atoms with E-state index < -0.39 is 0 Å². The Kier molecular flexibility index (Phi) is 17.3. The molecular formula is C36H48HfN4. The summed E-state index contributed by atoms with van der Waals surface area (Å²) >= 11 is 0. The summed E-state index contributed by atoms with van der Waals surface area (Å²) in [6.45, 7) is 18.8. The zero-order valence-electron chi connectivity index (χ0n) is 26.9. The molecule has 0 bridgehead atoms. The fourth-order valence-electron chi connectivity index (χ4n) is 4.92. The van der Waals surface area contributed by atoms with E-state index in [2.05, 4.69) is 112 Å². The van der Waals surface area contributed by atoms with Crippen LogP contribution in [0.3, 0.4) is 0 Å². The van der Waals surface area contributed by atoms with Crippen molar-refractivity contribution in [2.45, 2.75) is 68.2 Å². The zero-order valence-corrected chi connectivity index (χ0v) is 30.5. The minimum Gasteiger partial charge on any atom is -0.466 e. The third-order valence-corrected chi connectivity index (χ3v) is 6.33. The molecule has 0 atom stereocenters. The second-order valence-corrected chi connectivity index (χ2v) is 10.1. The van der Waals surface area contributed by atoms with Crippen molar-refractivity contribution in [3.63, 3.8) is 0 Å². The van der Waals surface area contributed by atoms with Gasteiger partial charge in [-0.3, -0.25) is 0 Å². The SMILES string of the molecule is CCC[N-]c1cccc(-c2c(C)cc(C)cc2C)n1.CCC[N-]c1cccc(-c2c(C)cc(C)cc2C)n1.[CH3-].[CH3-].[Hf+4]. The molecule has 2 aromatic carbocycles. The van der Waals surface area contributed by atoms with Crippen LogP contribution in [0.25, 0.3) is 33.1 Å². The third kappa shape index (κ3) is 10.8. The Bertz CT molecular complexity index is 1210. The smallest absolute Gasteiger partial charge is 0.466 e. The summed E-state index contributed by atoms with van der Waals surface area (Å²) in [7, 11) is 0. The van der Waals surface area contributed by atoms with Crippen LogP contribution in [0, 0.1) is 56.4 Å². The van der Waals surface area contributed by atoms with E-state index in [9.17, 15) is 0 Å². The van der Waals surface area contributed by atoms with Crippen LogP contribution in [0.2, 0.25) is 0 Å². The van der Waals surface area contributed by atoms with Gasteiger partial charge in [-0.25, -0.2) is 0 Å². The summed E-state index contributed by atoms with van der Waals surface area (Å²) < 4.78 is 0. The summed E-state index contributed by atoms with van der Waals surface area (Å²) in [6, 6.07) is 21.0. The monoisotopic (exact) mass is 716 g/mol. The van der Waals surface area contributed by atoms with Gasteiger partial charge in [0.05, 0.1) is 0 Å². The van der Waals surface area contributed by atoms with Crippen molar-refractivity contribution in [3.05, 3.63) is 120 Å². The Morgan fingerprint density at radius 1 is 0.537 bits per heavy atom. The van der Waals surface area contributed by atoms with Crippen molar-refractivity contribution in [2.75, 3.05) is 13.1 Å². The molecule has 4 aromatic rings. The molecule has 41 heavy (non-hydrogen) atoms. The molecule has 0 aliphatic heterocycles. The molecular weight excluding hydrogens is 667 g/mol. The molecule has 2 heterocycles. The molecule has 0 fully saturated rings. The molecule has 2 aromatic heterocycles. The van der Waals surface area contributed by atoms with Gasteiger partial charge in [0.15, 0.2) is 0 Å². The molecule has 0 aliphatic carbocycles. The van der Waals surface area contributed by atoms with Crippen LogP contribution in [0.1, 0.15) is 60.1 Å². The van der Waals surface area contributed by atoms with Crippen LogP contribution < -0.4 is 0 Å². The summed E-state index contributed by atoms with van der Waals surface area (Å²) in [5.74, 6) is 1.66. The van der Waals surface area contributed by atoms with E-state index in [-0.39, 0.29) is 40.7 Å². The van der Waals surface area contributed by atoms with Crippen LogP contribution in [0.5, 0.6) is 0 Å². The predicted octanol–water partition coefficient (Wildman–Crippen LogP) is 11.1. The largest absolute Gasteiger partial charge is 4.00 e. The molecule has 4 rings (SSSR count). The molecule has 0 saturated carbocycles. The van der Waals surface area contributed by atoms with Gasteiger partial charge in [0.1, 0.15) is 0 Å². The molecule has 216 valence electrons. The number of aryl methyl sites for hydroxylation is 6. The fraction of sp³-hybridized carbons (Fsp3) is 0.333. The number of nitrogens with zero attached hydrogens (tertiary/aromatic N) is 4. The number of pyridine rings is 2. The fourth-order valence-corrected chi connectivity index (χ4v) is 4.92. The summed E-state index contributed by atoms with van der Waals surface area (Å²) in [6.07, 6.45) is 2.10. The standard InChI is InChI=1S/2C17H21N2.2CH3.Hf/c2*1-5-9-18-16-8-6-7-15(19-16)17-13(3)10-12(2)11-14(17)4;;;/h2*6-8,10-11H,5,9H2,1-4H3;2*1H3;/q4*-1;+4. The van der Waals surface area contributed by atoms with Crippen LogP contribution in [-0.2, 0) is 25.8 Å². The van der Waals surface area contributed by atoms with Gasteiger partial charge in [0.2, 0.25) is 0 Å². The Hall–Kier alpha value is -2.79. The second-order valence-electron chi connectivity index (χ2n) is 10.1. The average molecular weight is 715 g/mol. The topological polar surface area (TPSA) is 54.0 Å². The van der Waals surface area contributed by atoms with Gasteiger partial charge >= 0.3 is 25.8 Å². The van der Waals surface area contributed by atoms with Gasteiger partial charge in [-0.1, -0.05) is 123 Å². The number of hydrogen-bond acceptors (Lipinski definition) is 2. The van der Waals surface area contributed by atoms with E-state index >= 15 is 0 Å². The summed E-state index contributed by atoms with van der Waals surface area (Å²) in [5, 5.41) is 8.95. The zero-order chi connectivity index (χ0) is 27.7. The maximum atomic E-state index is 4.67. The molecule has 0 saturated heterocycles. The molecule has 4 nitrogen and oxygen atoms in total. The Labute approximate surface area is 269 Å². The second kappa shape index (κ2) is 18.6. The van der Waals surface area contributed by atoms with Crippen LogP contribution in [0.15, 0.2) is 60.7 Å².